The van der Waals surface area contributed by atoms with Gasteiger partial charge in [0.15, 0.2) is 0 Å². The minimum Gasteiger partial charge on any atom is -0.334 e. The average Bonchev–Trinajstić information content (AvgIpc) is 2.64. The molecule has 0 aliphatic carbocycles. The first-order chi connectivity index (χ1) is 12.4. The van der Waals surface area contributed by atoms with Gasteiger partial charge in [-0.3, -0.25) is 20.4 Å². The molecule has 0 bridgehead atoms. The summed E-state index contributed by atoms with van der Waals surface area (Å²) in [6.07, 6.45) is 0. The van der Waals surface area contributed by atoms with E-state index in [1.807, 2.05) is 0 Å². The molecule has 2 aromatic carbocycles. The number of halogens is 2. The number of carbonyl (C=O) groups is 3. The molecule has 26 heavy (non-hydrogen) atoms. The van der Waals surface area contributed by atoms with Crippen LogP contribution in [0.5, 0.6) is 0 Å². The van der Waals surface area contributed by atoms with E-state index < -0.39 is 17.8 Å². The van der Waals surface area contributed by atoms with Crippen molar-refractivity contribution in [3.05, 3.63) is 69.9 Å². The number of nitrogens with one attached hydrogen (secondary N) is 4. The molecule has 7 nitrogen and oxygen atoms in total. The van der Waals surface area contributed by atoms with Gasteiger partial charge in [0, 0.05) is 16.6 Å². The molecule has 0 aliphatic heterocycles. The first-order valence-electron chi connectivity index (χ1n) is 7.55. The van der Waals surface area contributed by atoms with E-state index in [4.69, 9.17) is 0 Å². The molecule has 136 valence electrons. The quantitative estimate of drug-likeness (QED) is 0.553. The number of amides is 4. The summed E-state index contributed by atoms with van der Waals surface area (Å²) in [5.41, 5.74) is 5.53. The summed E-state index contributed by atoms with van der Waals surface area (Å²) in [6, 6.07) is 11.7. The molecule has 0 atom stereocenters. The fourth-order valence-corrected chi connectivity index (χ4v) is 2.12. The molecule has 2 rings (SSSR count). The van der Waals surface area contributed by atoms with Crippen LogP contribution in [0.25, 0.3) is 0 Å². The third-order valence-corrected chi connectivity index (χ3v) is 3.73. The van der Waals surface area contributed by atoms with E-state index in [0.29, 0.717) is 11.1 Å². The summed E-state index contributed by atoms with van der Waals surface area (Å²) < 4.78 is 13.6. The van der Waals surface area contributed by atoms with Gasteiger partial charge in [-0.2, -0.15) is 0 Å². The van der Waals surface area contributed by atoms with E-state index in [1.165, 1.54) is 12.1 Å². The van der Waals surface area contributed by atoms with Crippen molar-refractivity contribution in [1.82, 2.24) is 21.5 Å². The summed E-state index contributed by atoms with van der Waals surface area (Å²) in [4.78, 5) is 35.1. The highest BCUT2D eigenvalue weighted by molar-refractivity contribution is 9.10. The second kappa shape index (κ2) is 9.52. The molecule has 4 N–H and O–H groups in total. The van der Waals surface area contributed by atoms with Crippen molar-refractivity contribution in [1.29, 1.82) is 0 Å². The molecule has 0 unspecified atom stereocenters. The summed E-state index contributed by atoms with van der Waals surface area (Å²) in [5, 5.41) is 4.87. The molecule has 4 amide bonds. The molecule has 0 heterocycles. The minimum absolute atomic E-state index is 0.189. The summed E-state index contributed by atoms with van der Waals surface area (Å²) in [7, 11) is 0. The number of carbonyl (C=O) groups excluding carboxylic acids is 3. The Balaban J connectivity index is 1.66. The van der Waals surface area contributed by atoms with Gasteiger partial charge in [0.1, 0.15) is 12.4 Å². The zero-order valence-corrected chi connectivity index (χ0v) is 15.1. The Bertz CT molecular complexity index is 782. The monoisotopic (exact) mass is 422 g/mol. The number of hydrogen-bond donors (Lipinski definition) is 4. The van der Waals surface area contributed by atoms with E-state index in [-0.39, 0.29) is 18.9 Å². The number of hydrogen-bond acceptors (Lipinski definition) is 3. The van der Waals surface area contributed by atoms with Gasteiger partial charge in [-0.05, 0) is 42.0 Å². The maximum atomic E-state index is 12.8. The third kappa shape index (κ3) is 6.52. The van der Waals surface area contributed by atoms with Gasteiger partial charge in [0.05, 0.1) is 0 Å². The Hall–Kier alpha value is -2.94. The molecule has 9 heteroatoms. The number of rotatable bonds is 5. The van der Waals surface area contributed by atoms with E-state index in [2.05, 4.69) is 37.4 Å². The normalized spacial score (nSPS) is 9.92. The van der Waals surface area contributed by atoms with Crippen LogP contribution in [0, 0.1) is 5.82 Å². The average molecular weight is 423 g/mol. The van der Waals surface area contributed by atoms with Gasteiger partial charge in [0.25, 0.3) is 11.8 Å². The molecule has 0 aromatic heterocycles. The van der Waals surface area contributed by atoms with Crippen LogP contribution in [-0.4, -0.2) is 24.4 Å². The molecule has 0 aliphatic rings. The van der Waals surface area contributed by atoms with Gasteiger partial charge in [0.2, 0.25) is 0 Å². The smallest absolute Gasteiger partial charge is 0.315 e. The van der Waals surface area contributed by atoms with Crippen molar-refractivity contribution < 1.29 is 18.8 Å². The zero-order valence-electron chi connectivity index (χ0n) is 13.5. The van der Waals surface area contributed by atoms with Gasteiger partial charge < -0.3 is 10.6 Å². The first-order valence-corrected chi connectivity index (χ1v) is 8.34. The third-order valence-electron chi connectivity index (χ3n) is 3.20. The molecule has 0 saturated carbocycles. The van der Waals surface area contributed by atoms with E-state index >= 15 is 0 Å². The Morgan fingerprint density at radius 2 is 1.54 bits per heavy atom. The highest BCUT2D eigenvalue weighted by atomic mass is 79.9. The van der Waals surface area contributed by atoms with Crippen LogP contribution in [0.3, 0.4) is 0 Å². The molecule has 0 fully saturated rings. The fraction of sp³-hybridized carbons (Fsp3) is 0.118. The van der Waals surface area contributed by atoms with E-state index in [1.54, 1.807) is 36.4 Å². The Morgan fingerprint density at radius 1 is 0.885 bits per heavy atom. The highest BCUT2D eigenvalue weighted by Crippen LogP contribution is 2.10. The first kappa shape index (κ1) is 19.4. The van der Waals surface area contributed by atoms with Crippen LogP contribution in [0.15, 0.2) is 53.0 Å². The molecular formula is C17H16BrFN4O3. The molecule has 0 spiro atoms. The lowest BCUT2D eigenvalue weighted by molar-refractivity contribution is -0.120. The highest BCUT2D eigenvalue weighted by Gasteiger charge is 2.08. The van der Waals surface area contributed by atoms with Crippen molar-refractivity contribution >= 4 is 33.8 Å². The van der Waals surface area contributed by atoms with Crippen molar-refractivity contribution in [2.45, 2.75) is 6.54 Å². The number of urea groups is 1. The predicted octanol–water partition coefficient (Wildman–Crippen LogP) is 1.85. The summed E-state index contributed by atoms with van der Waals surface area (Å²) in [5.74, 6) is -1.43. The fourth-order valence-electron chi connectivity index (χ4n) is 1.85. The van der Waals surface area contributed by atoms with Crippen molar-refractivity contribution in [3.8, 4) is 0 Å². The molecule has 2 aromatic rings. The van der Waals surface area contributed by atoms with Crippen molar-refractivity contribution in [2.24, 2.45) is 0 Å². The van der Waals surface area contributed by atoms with Crippen LogP contribution < -0.4 is 21.5 Å². The minimum atomic E-state index is -0.590. The molecule has 0 saturated heterocycles. The summed E-state index contributed by atoms with van der Waals surface area (Å²) >= 11 is 3.26. The van der Waals surface area contributed by atoms with Crippen LogP contribution in [0.4, 0.5) is 9.18 Å². The van der Waals surface area contributed by atoms with Gasteiger partial charge >= 0.3 is 6.03 Å². The topological polar surface area (TPSA) is 99.3 Å². The Labute approximate surface area is 157 Å². The van der Waals surface area contributed by atoms with Crippen LogP contribution in [0.2, 0.25) is 0 Å². The van der Waals surface area contributed by atoms with Crippen molar-refractivity contribution in [2.75, 3.05) is 6.54 Å². The standard InChI is InChI=1S/C17H16BrFN4O3/c18-13-5-3-12(4-6-13)16(25)23-22-15(24)10-21-17(26)20-9-11-1-7-14(19)8-2-11/h1-8H,9-10H2,(H,22,24)(H,23,25)(H2,20,21,26). The molecule has 0 radical (unpaired) electrons. The largest absolute Gasteiger partial charge is 0.334 e. The number of hydrazine groups is 1. The van der Waals surface area contributed by atoms with Crippen LogP contribution in [-0.2, 0) is 11.3 Å². The zero-order chi connectivity index (χ0) is 18.9. The van der Waals surface area contributed by atoms with Gasteiger partial charge in [-0.15, -0.1) is 0 Å². The van der Waals surface area contributed by atoms with Gasteiger partial charge in [-0.25, -0.2) is 9.18 Å². The second-order valence-corrected chi connectivity index (χ2v) is 6.09. The second-order valence-electron chi connectivity index (χ2n) is 5.17. The maximum absolute atomic E-state index is 12.8. The lowest BCUT2D eigenvalue weighted by Gasteiger charge is -2.09. The predicted molar refractivity (Wildman–Crippen MR) is 96.4 cm³/mol. The number of benzene rings is 2. The Morgan fingerprint density at radius 3 is 2.19 bits per heavy atom. The Kier molecular flexibility index (Phi) is 7.10. The van der Waals surface area contributed by atoms with Gasteiger partial charge in [-0.1, -0.05) is 28.1 Å². The maximum Gasteiger partial charge on any atom is 0.315 e. The van der Waals surface area contributed by atoms with Crippen LogP contribution in [0.1, 0.15) is 15.9 Å². The van der Waals surface area contributed by atoms with Crippen LogP contribution >= 0.6 is 15.9 Å². The molecular weight excluding hydrogens is 407 g/mol. The van der Waals surface area contributed by atoms with E-state index in [9.17, 15) is 18.8 Å². The lowest BCUT2D eigenvalue weighted by Crippen LogP contribution is -2.47. The SMILES string of the molecule is O=C(CNC(=O)NCc1ccc(F)cc1)NNC(=O)c1ccc(Br)cc1. The lowest BCUT2D eigenvalue weighted by atomic mass is 10.2. The van der Waals surface area contributed by atoms with E-state index in [0.717, 1.165) is 4.47 Å². The van der Waals surface area contributed by atoms with Crippen molar-refractivity contribution in [3.63, 3.8) is 0 Å². The summed E-state index contributed by atoms with van der Waals surface area (Å²) in [6.45, 7) is -0.135.